The van der Waals surface area contributed by atoms with Crippen LogP contribution in [0.4, 0.5) is 4.39 Å². The third-order valence-electron chi connectivity index (χ3n) is 3.55. The van der Waals surface area contributed by atoms with Gasteiger partial charge in [-0.05, 0) is 59.3 Å². The third kappa shape index (κ3) is 3.69. The minimum absolute atomic E-state index is 0.179. The molecule has 1 aliphatic heterocycles. The van der Waals surface area contributed by atoms with E-state index in [1.807, 2.05) is 6.07 Å². The van der Waals surface area contributed by atoms with E-state index in [1.165, 1.54) is 18.9 Å². The number of hydrogen-bond acceptors (Lipinski definition) is 1. The van der Waals surface area contributed by atoms with Crippen LogP contribution in [0.1, 0.15) is 24.8 Å². The van der Waals surface area contributed by atoms with Gasteiger partial charge in [-0.25, -0.2) is 4.39 Å². The van der Waals surface area contributed by atoms with Crippen LogP contribution in [-0.4, -0.2) is 23.9 Å². The number of rotatable bonds is 4. The SMILES string of the molecule is Fc1cccc(CN2CCCC(CCCl)C2)c1Br. The topological polar surface area (TPSA) is 3.24 Å². The molecule has 1 aromatic rings. The van der Waals surface area contributed by atoms with Gasteiger partial charge in [-0.2, -0.15) is 0 Å². The van der Waals surface area contributed by atoms with Gasteiger partial charge in [0.15, 0.2) is 0 Å². The number of hydrogen-bond donors (Lipinski definition) is 0. The molecule has 0 saturated carbocycles. The van der Waals surface area contributed by atoms with Gasteiger partial charge in [0.05, 0.1) is 4.47 Å². The summed E-state index contributed by atoms with van der Waals surface area (Å²) >= 11 is 9.14. The normalized spacial score (nSPS) is 21.2. The fraction of sp³-hybridized carbons (Fsp3) is 0.571. The maximum absolute atomic E-state index is 13.4. The van der Waals surface area contributed by atoms with E-state index in [1.54, 1.807) is 6.07 Å². The maximum Gasteiger partial charge on any atom is 0.137 e. The quantitative estimate of drug-likeness (QED) is 0.736. The predicted molar refractivity (Wildman–Crippen MR) is 77.4 cm³/mol. The Kier molecular flexibility index (Phi) is 5.46. The molecule has 0 aliphatic carbocycles. The Morgan fingerprint density at radius 1 is 1.44 bits per heavy atom. The van der Waals surface area contributed by atoms with Crippen molar-refractivity contribution in [2.75, 3.05) is 19.0 Å². The van der Waals surface area contributed by atoms with Crippen molar-refractivity contribution in [1.29, 1.82) is 0 Å². The summed E-state index contributed by atoms with van der Waals surface area (Å²) in [7, 11) is 0. The highest BCUT2D eigenvalue weighted by atomic mass is 79.9. The van der Waals surface area contributed by atoms with Crippen LogP contribution in [0.25, 0.3) is 0 Å². The second-order valence-electron chi connectivity index (χ2n) is 4.93. The van der Waals surface area contributed by atoms with Gasteiger partial charge < -0.3 is 0 Å². The Labute approximate surface area is 121 Å². The second-order valence-corrected chi connectivity index (χ2v) is 6.10. The van der Waals surface area contributed by atoms with E-state index in [4.69, 9.17) is 11.6 Å². The Morgan fingerprint density at radius 3 is 3.06 bits per heavy atom. The molecule has 0 radical (unpaired) electrons. The second kappa shape index (κ2) is 6.88. The summed E-state index contributed by atoms with van der Waals surface area (Å²) in [4.78, 5) is 2.40. The Bertz CT molecular complexity index is 397. The summed E-state index contributed by atoms with van der Waals surface area (Å²) in [5.41, 5.74) is 1.03. The molecule has 0 N–H and O–H groups in total. The van der Waals surface area contributed by atoms with E-state index in [0.29, 0.717) is 10.4 Å². The largest absolute Gasteiger partial charge is 0.299 e. The molecule has 1 fully saturated rings. The summed E-state index contributed by atoms with van der Waals surface area (Å²) in [5, 5.41) is 0. The molecule has 0 aromatic heterocycles. The van der Waals surface area contributed by atoms with Crippen LogP contribution in [0.5, 0.6) is 0 Å². The highest BCUT2D eigenvalue weighted by Gasteiger charge is 2.20. The molecule has 1 aromatic carbocycles. The fourth-order valence-corrected chi connectivity index (χ4v) is 3.29. The van der Waals surface area contributed by atoms with Crippen molar-refractivity contribution in [1.82, 2.24) is 4.90 Å². The van der Waals surface area contributed by atoms with Crippen LogP contribution in [0.15, 0.2) is 22.7 Å². The smallest absolute Gasteiger partial charge is 0.137 e. The van der Waals surface area contributed by atoms with E-state index < -0.39 is 0 Å². The lowest BCUT2D eigenvalue weighted by atomic mass is 9.95. The van der Waals surface area contributed by atoms with Crippen molar-refractivity contribution in [3.63, 3.8) is 0 Å². The highest BCUT2D eigenvalue weighted by molar-refractivity contribution is 9.10. The molecule has 0 amide bonds. The van der Waals surface area contributed by atoms with Crippen molar-refractivity contribution in [2.45, 2.75) is 25.8 Å². The van der Waals surface area contributed by atoms with Crippen LogP contribution >= 0.6 is 27.5 Å². The lowest BCUT2D eigenvalue weighted by molar-refractivity contribution is 0.165. The molecule has 18 heavy (non-hydrogen) atoms. The van der Waals surface area contributed by atoms with Crippen LogP contribution < -0.4 is 0 Å². The van der Waals surface area contributed by atoms with Gasteiger partial charge >= 0.3 is 0 Å². The number of halogens is 3. The van der Waals surface area contributed by atoms with Gasteiger partial charge in [0.2, 0.25) is 0 Å². The zero-order chi connectivity index (χ0) is 13.0. The minimum Gasteiger partial charge on any atom is -0.299 e. The first kappa shape index (κ1) is 14.3. The van der Waals surface area contributed by atoms with Crippen LogP contribution in [0.3, 0.4) is 0 Å². The summed E-state index contributed by atoms with van der Waals surface area (Å²) in [5.74, 6) is 1.26. The van der Waals surface area contributed by atoms with Crippen molar-refractivity contribution in [3.05, 3.63) is 34.1 Å². The molecular weight excluding hydrogens is 317 g/mol. The van der Waals surface area contributed by atoms with Crippen molar-refractivity contribution in [3.8, 4) is 0 Å². The standard InChI is InChI=1S/C14H18BrClFN/c15-14-12(4-1-5-13(14)17)10-18-8-2-3-11(9-18)6-7-16/h1,4-5,11H,2-3,6-10H2. The Morgan fingerprint density at radius 2 is 2.28 bits per heavy atom. The van der Waals surface area contributed by atoms with Crippen LogP contribution in [-0.2, 0) is 6.54 Å². The van der Waals surface area contributed by atoms with Gasteiger partial charge in [-0.3, -0.25) is 4.90 Å². The molecule has 100 valence electrons. The molecule has 2 rings (SSSR count). The van der Waals surface area contributed by atoms with Crippen molar-refractivity contribution in [2.24, 2.45) is 5.92 Å². The first-order valence-corrected chi connectivity index (χ1v) is 7.74. The number of piperidine rings is 1. The minimum atomic E-state index is -0.179. The van der Waals surface area contributed by atoms with Crippen molar-refractivity contribution < 1.29 is 4.39 Å². The Balaban J connectivity index is 1.98. The fourth-order valence-electron chi connectivity index (χ4n) is 2.60. The van der Waals surface area contributed by atoms with Gasteiger partial charge in [-0.15, -0.1) is 11.6 Å². The number of likely N-dealkylation sites (tertiary alicyclic amines) is 1. The van der Waals surface area contributed by atoms with Gasteiger partial charge in [-0.1, -0.05) is 12.1 Å². The monoisotopic (exact) mass is 333 g/mol. The predicted octanol–water partition coefficient (Wildman–Crippen LogP) is 4.43. The maximum atomic E-state index is 13.4. The van der Waals surface area contributed by atoms with E-state index in [2.05, 4.69) is 20.8 Å². The average Bonchev–Trinajstić information content (AvgIpc) is 2.36. The zero-order valence-corrected chi connectivity index (χ0v) is 12.7. The summed E-state index contributed by atoms with van der Waals surface area (Å²) in [6.07, 6.45) is 3.57. The Hall–Kier alpha value is -0.120. The molecule has 1 atom stereocenters. The van der Waals surface area contributed by atoms with E-state index >= 15 is 0 Å². The molecule has 0 spiro atoms. The molecule has 1 aliphatic rings. The van der Waals surface area contributed by atoms with E-state index in [0.717, 1.165) is 37.5 Å². The highest BCUT2D eigenvalue weighted by Crippen LogP contribution is 2.25. The van der Waals surface area contributed by atoms with Gasteiger partial charge in [0, 0.05) is 19.0 Å². The lowest BCUT2D eigenvalue weighted by Crippen LogP contribution is -2.35. The molecule has 1 unspecified atom stereocenters. The van der Waals surface area contributed by atoms with E-state index in [9.17, 15) is 4.39 Å². The molecular formula is C14H18BrClFN. The summed E-state index contributed by atoms with van der Waals surface area (Å²) in [6.45, 7) is 2.99. The van der Waals surface area contributed by atoms with Gasteiger partial charge in [0.25, 0.3) is 0 Å². The summed E-state index contributed by atoms with van der Waals surface area (Å²) in [6, 6.07) is 5.24. The lowest BCUT2D eigenvalue weighted by Gasteiger charge is -2.32. The van der Waals surface area contributed by atoms with Crippen LogP contribution in [0, 0.1) is 11.7 Å². The van der Waals surface area contributed by atoms with Crippen LogP contribution in [0.2, 0.25) is 0 Å². The molecule has 1 heterocycles. The number of nitrogens with zero attached hydrogens (tertiary/aromatic N) is 1. The molecule has 4 heteroatoms. The van der Waals surface area contributed by atoms with Gasteiger partial charge in [0.1, 0.15) is 5.82 Å². The summed E-state index contributed by atoms with van der Waals surface area (Å²) < 4.78 is 14.0. The number of benzene rings is 1. The zero-order valence-electron chi connectivity index (χ0n) is 10.3. The molecule has 1 nitrogen and oxygen atoms in total. The van der Waals surface area contributed by atoms with Crippen molar-refractivity contribution >= 4 is 27.5 Å². The van der Waals surface area contributed by atoms with E-state index in [-0.39, 0.29) is 5.82 Å². The first-order chi connectivity index (χ1) is 8.70. The number of alkyl halides is 1. The molecule has 1 saturated heterocycles. The molecule has 0 bridgehead atoms. The first-order valence-electron chi connectivity index (χ1n) is 6.42. The third-order valence-corrected chi connectivity index (χ3v) is 4.65. The average molecular weight is 335 g/mol.